The normalized spacial score (nSPS) is 10.3. The van der Waals surface area contributed by atoms with Gasteiger partial charge in [0.1, 0.15) is 5.82 Å². The van der Waals surface area contributed by atoms with Crippen LogP contribution in [0, 0.1) is 12.7 Å². The summed E-state index contributed by atoms with van der Waals surface area (Å²) in [6.07, 6.45) is 0. The molecule has 0 heterocycles. The lowest BCUT2D eigenvalue weighted by Gasteiger charge is -2.06. The van der Waals surface area contributed by atoms with Crippen molar-refractivity contribution in [2.75, 3.05) is 5.73 Å². The Labute approximate surface area is 88.4 Å². The fourth-order valence-corrected chi connectivity index (χ4v) is 1.59. The van der Waals surface area contributed by atoms with Crippen LogP contribution < -0.4 is 5.73 Å². The van der Waals surface area contributed by atoms with E-state index in [4.69, 9.17) is 5.73 Å². The van der Waals surface area contributed by atoms with Crippen LogP contribution in [0.2, 0.25) is 0 Å². The van der Waals surface area contributed by atoms with E-state index < -0.39 is 0 Å². The number of hydrogen-bond donors (Lipinski definition) is 1. The fourth-order valence-electron chi connectivity index (χ4n) is 1.59. The molecule has 2 heteroatoms. The molecule has 0 bridgehead atoms. The zero-order valence-electron chi connectivity index (χ0n) is 8.50. The minimum Gasteiger partial charge on any atom is -0.398 e. The number of aryl methyl sites for hydroxylation is 1. The average Bonchev–Trinajstić information content (AvgIpc) is 2.22. The molecule has 0 amide bonds. The van der Waals surface area contributed by atoms with Crippen LogP contribution >= 0.6 is 0 Å². The molecule has 2 rings (SSSR count). The Hall–Kier alpha value is -1.83. The van der Waals surface area contributed by atoms with E-state index in [1.165, 1.54) is 12.1 Å². The predicted molar refractivity (Wildman–Crippen MR) is 61.0 cm³/mol. The standard InChI is InChI=1S/C13H12FN/c1-9-3-2-4-10(7-9)12-8-11(14)5-6-13(12)15/h2-8H,15H2,1H3. The molecule has 15 heavy (non-hydrogen) atoms. The van der Waals surface area contributed by atoms with E-state index in [9.17, 15) is 4.39 Å². The number of benzene rings is 2. The smallest absolute Gasteiger partial charge is 0.123 e. The minimum atomic E-state index is -0.263. The van der Waals surface area contributed by atoms with Crippen molar-refractivity contribution < 1.29 is 4.39 Å². The first kappa shape index (κ1) is 9.71. The molecule has 0 aliphatic carbocycles. The molecule has 0 fully saturated rings. The Morgan fingerprint density at radius 2 is 1.87 bits per heavy atom. The maximum absolute atomic E-state index is 13.1. The van der Waals surface area contributed by atoms with Crippen LogP contribution in [-0.2, 0) is 0 Å². The SMILES string of the molecule is Cc1cccc(-c2cc(F)ccc2N)c1. The van der Waals surface area contributed by atoms with Crippen LogP contribution in [0.5, 0.6) is 0 Å². The second kappa shape index (κ2) is 3.73. The lowest BCUT2D eigenvalue weighted by atomic mass is 10.0. The molecule has 0 atom stereocenters. The maximum Gasteiger partial charge on any atom is 0.123 e. The van der Waals surface area contributed by atoms with Gasteiger partial charge in [-0.1, -0.05) is 29.8 Å². The van der Waals surface area contributed by atoms with Gasteiger partial charge in [-0.05, 0) is 30.7 Å². The van der Waals surface area contributed by atoms with E-state index in [2.05, 4.69) is 0 Å². The number of nitrogen functional groups attached to an aromatic ring is 1. The van der Waals surface area contributed by atoms with Gasteiger partial charge >= 0.3 is 0 Å². The molecule has 0 aliphatic heterocycles. The second-order valence-electron chi connectivity index (χ2n) is 3.60. The third-order valence-electron chi connectivity index (χ3n) is 2.34. The van der Waals surface area contributed by atoms with Crippen molar-refractivity contribution in [1.29, 1.82) is 0 Å². The van der Waals surface area contributed by atoms with Crippen LogP contribution in [0.25, 0.3) is 11.1 Å². The largest absolute Gasteiger partial charge is 0.398 e. The van der Waals surface area contributed by atoms with Gasteiger partial charge in [-0.25, -0.2) is 4.39 Å². The van der Waals surface area contributed by atoms with Crippen molar-refractivity contribution in [1.82, 2.24) is 0 Å². The van der Waals surface area contributed by atoms with Gasteiger partial charge in [0.25, 0.3) is 0 Å². The summed E-state index contributed by atoms with van der Waals surface area (Å²) in [6.45, 7) is 2.00. The third kappa shape index (κ3) is 1.99. The molecule has 2 aromatic carbocycles. The van der Waals surface area contributed by atoms with Gasteiger partial charge in [-0.3, -0.25) is 0 Å². The predicted octanol–water partition coefficient (Wildman–Crippen LogP) is 3.38. The second-order valence-corrected chi connectivity index (χ2v) is 3.60. The topological polar surface area (TPSA) is 26.0 Å². The molecule has 2 aromatic rings. The van der Waals surface area contributed by atoms with Gasteiger partial charge in [0.15, 0.2) is 0 Å². The number of halogens is 1. The molecule has 0 aromatic heterocycles. The van der Waals surface area contributed by atoms with E-state index in [0.717, 1.165) is 16.7 Å². The molecule has 76 valence electrons. The highest BCUT2D eigenvalue weighted by Gasteiger charge is 2.03. The van der Waals surface area contributed by atoms with Crippen molar-refractivity contribution in [2.45, 2.75) is 6.92 Å². The zero-order chi connectivity index (χ0) is 10.8. The minimum absolute atomic E-state index is 0.263. The van der Waals surface area contributed by atoms with Crippen molar-refractivity contribution in [2.24, 2.45) is 0 Å². The number of nitrogens with two attached hydrogens (primary N) is 1. The summed E-state index contributed by atoms with van der Waals surface area (Å²) < 4.78 is 13.1. The lowest BCUT2D eigenvalue weighted by Crippen LogP contribution is -1.91. The van der Waals surface area contributed by atoms with Crippen LogP contribution in [0.1, 0.15) is 5.56 Å². The van der Waals surface area contributed by atoms with Gasteiger partial charge in [0.05, 0.1) is 0 Å². The van der Waals surface area contributed by atoms with Crippen LogP contribution in [0.4, 0.5) is 10.1 Å². The number of hydrogen-bond acceptors (Lipinski definition) is 1. The Bertz CT molecular complexity index is 492. The summed E-state index contributed by atoms with van der Waals surface area (Å²) in [7, 11) is 0. The first-order chi connectivity index (χ1) is 7.16. The van der Waals surface area contributed by atoms with Crippen LogP contribution in [0.15, 0.2) is 42.5 Å². The van der Waals surface area contributed by atoms with E-state index >= 15 is 0 Å². The van der Waals surface area contributed by atoms with E-state index in [1.807, 2.05) is 31.2 Å². The van der Waals surface area contributed by atoms with Crippen LogP contribution in [-0.4, -0.2) is 0 Å². The first-order valence-electron chi connectivity index (χ1n) is 4.79. The highest BCUT2D eigenvalue weighted by molar-refractivity contribution is 5.76. The van der Waals surface area contributed by atoms with Crippen molar-refractivity contribution in [3.05, 3.63) is 53.8 Å². The molecule has 0 spiro atoms. The van der Waals surface area contributed by atoms with Crippen LogP contribution in [0.3, 0.4) is 0 Å². The van der Waals surface area contributed by atoms with Crippen molar-refractivity contribution in [3.63, 3.8) is 0 Å². The monoisotopic (exact) mass is 201 g/mol. The van der Waals surface area contributed by atoms with Gasteiger partial charge in [0.2, 0.25) is 0 Å². The third-order valence-corrected chi connectivity index (χ3v) is 2.34. The molecule has 0 saturated heterocycles. The van der Waals surface area contributed by atoms with Gasteiger partial charge < -0.3 is 5.73 Å². The summed E-state index contributed by atoms with van der Waals surface area (Å²) in [5.74, 6) is -0.263. The van der Waals surface area contributed by atoms with E-state index in [0.29, 0.717) is 5.69 Å². The van der Waals surface area contributed by atoms with Gasteiger partial charge in [-0.2, -0.15) is 0 Å². The Kier molecular flexibility index (Phi) is 2.42. The van der Waals surface area contributed by atoms with E-state index in [1.54, 1.807) is 6.07 Å². The van der Waals surface area contributed by atoms with Gasteiger partial charge in [0, 0.05) is 11.3 Å². The maximum atomic E-state index is 13.1. The van der Waals surface area contributed by atoms with Gasteiger partial charge in [-0.15, -0.1) is 0 Å². The Balaban J connectivity index is 2.58. The summed E-state index contributed by atoms with van der Waals surface area (Å²) in [6, 6.07) is 12.3. The van der Waals surface area contributed by atoms with E-state index in [-0.39, 0.29) is 5.82 Å². The molecular weight excluding hydrogens is 189 g/mol. The molecule has 2 N–H and O–H groups in total. The number of rotatable bonds is 1. The zero-order valence-corrected chi connectivity index (χ0v) is 8.50. The molecule has 0 radical (unpaired) electrons. The summed E-state index contributed by atoms with van der Waals surface area (Å²) in [5, 5.41) is 0. The molecule has 1 nitrogen and oxygen atoms in total. The summed E-state index contributed by atoms with van der Waals surface area (Å²) in [5.41, 5.74) is 9.24. The molecule has 0 unspecified atom stereocenters. The first-order valence-corrected chi connectivity index (χ1v) is 4.79. The number of anilines is 1. The Morgan fingerprint density at radius 1 is 1.07 bits per heavy atom. The fraction of sp³-hybridized carbons (Fsp3) is 0.0769. The lowest BCUT2D eigenvalue weighted by molar-refractivity contribution is 0.628. The molecular formula is C13H12FN. The average molecular weight is 201 g/mol. The highest BCUT2D eigenvalue weighted by atomic mass is 19.1. The quantitative estimate of drug-likeness (QED) is 0.703. The van der Waals surface area contributed by atoms with Crippen molar-refractivity contribution in [3.8, 4) is 11.1 Å². The molecule has 0 aliphatic rings. The highest BCUT2D eigenvalue weighted by Crippen LogP contribution is 2.26. The molecule has 0 saturated carbocycles. The Morgan fingerprint density at radius 3 is 2.60 bits per heavy atom. The van der Waals surface area contributed by atoms with Crippen molar-refractivity contribution >= 4 is 5.69 Å². The summed E-state index contributed by atoms with van der Waals surface area (Å²) in [4.78, 5) is 0. The summed E-state index contributed by atoms with van der Waals surface area (Å²) >= 11 is 0.